The summed E-state index contributed by atoms with van der Waals surface area (Å²) in [6.07, 6.45) is -0.772. The molecule has 0 aliphatic rings. The highest BCUT2D eigenvalue weighted by Gasteiger charge is 2.17. The summed E-state index contributed by atoms with van der Waals surface area (Å²) < 4.78 is 80.7. The van der Waals surface area contributed by atoms with Gasteiger partial charge in [0, 0.05) is 17.2 Å². The number of carbonyl (C=O) groups excluding carboxylic acids is 2. The Labute approximate surface area is 247 Å². The zero-order chi connectivity index (χ0) is 31.4. The van der Waals surface area contributed by atoms with Gasteiger partial charge in [-0.05, 0) is 76.9 Å². The van der Waals surface area contributed by atoms with E-state index in [2.05, 4.69) is 0 Å². The number of hydrogen-bond donors (Lipinski definition) is 0. The molecular weight excluding hydrogens is 581 g/mol. The molecule has 0 unspecified atom stereocenters. The fourth-order valence-corrected chi connectivity index (χ4v) is 4.36. The monoisotopic (exact) mass is 599 g/mol. The smallest absolute Gasteiger partial charge is 0.322 e. The molecule has 0 aromatic heterocycles. The summed E-state index contributed by atoms with van der Waals surface area (Å²) in [6.45, 7) is 0. The van der Waals surface area contributed by atoms with Crippen LogP contribution in [0.2, 0.25) is 0 Å². The Balaban J connectivity index is 1.19. The van der Waals surface area contributed by atoms with Crippen LogP contribution in [0.4, 0.5) is 22.0 Å². The molecule has 5 nitrogen and oxygen atoms in total. The molecule has 0 saturated heterocycles. The quantitative estimate of drug-likeness (QED) is 0.0817. The van der Waals surface area contributed by atoms with Crippen LogP contribution < -0.4 is 9.47 Å². The molecule has 5 rings (SSSR count). The average Bonchev–Trinajstić information content (AvgIpc) is 2.98. The number of rotatable bonds is 7. The van der Waals surface area contributed by atoms with Crippen LogP contribution >= 0.6 is 0 Å². The summed E-state index contributed by atoms with van der Waals surface area (Å²) in [6, 6.07) is 21.9. The third kappa shape index (κ3) is 6.63. The highest BCUT2D eigenvalue weighted by atomic mass is 19.1. The number of carbonyl (C=O) groups is 2. The average molecular weight is 600 g/mol. The Morgan fingerprint density at radius 1 is 0.545 bits per heavy atom. The predicted octanol–water partition coefficient (Wildman–Crippen LogP) is 8.16. The van der Waals surface area contributed by atoms with Crippen LogP contribution in [0.1, 0.15) is 12.0 Å². The van der Waals surface area contributed by atoms with Crippen molar-refractivity contribution in [2.75, 3.05) is 0 Å². The molecule has 0 amide bonds. The first-order chi connectivity index (χ1) is 21.1. The van der Waals surface area contributed by atoms with Crippen molar-refractivity contribution >= 4 is 11.9 Å². The molecule has 0 atom stereocenters. The Bertz CT molecular complexity index is 1910. The standard InChI is InChI=1S/C34H18F5NO4/c35-23-6-1-20(2-7-23)26-12-10-25(16-32(26)39)44-34(42)17-33(41)43-24-8-3-19(4-9-24)21-5-11-27(29(36)13-21)22-14-30(37)28(18-40)31(38)15-22/h1-16H,17H2. The van der Waals surface area contributed by atoms with Gasteiger partial charge in [-0.2, -0.15) is 5.26 Å². The molecule has 10 heteroatoms. The highest BCUT2D eigenvalue weighted by molar-refractivity contribution is 5.93. The molecule has 0 bridgehead atoms. The molecule has 0 aliphatic heterocycles. The second kappa shape index (κ2) is 12.6. The second-order valence-corrected chi connectivity index (χ2v) is 9.42. The molecule has 218 valence electrons. The van der Waals surface area contributed by atoms with Crippen molar-refractivity contribution in [2.45, 2.75) is 6.42 Å². The van der Waals surface area contributed by atoms with Gasteiger partial charge in [-0.25, -0.2) is 22.0 Å². The number of nitriles is 1. The molecule has 44 heavy (non-hydrogen) atoms. The molecule has 0 aliphatic carbocycles. The largest absolute Gasteiger partial charge is 0.426 e. The van der Waals surface area contributed by atoms with Gasteiger partial charge in [0.05, 0.1) is 0 Å². The number of nitrogens with zero attached hydrogens (tertiary/aromatic N) is 1. The second-order valence-electron chi connectivity index (χ2n) is 9.42. The fraction of sp³-hybridized carbons (Fsp3) is 0.0294. The number of halogens is 5. The van der Waals surface area contributed by atoms with Crippen molar-refractivity contribution in [1.82, 2.24) is 0 Å². The van der Waals surface area contributed by atoms with Crippen LogP contribution in [-0.2, 0) is 9.59 Å². The summed E-state index contributed by atoms with van der Waals surface area (Å²) in [5, 5.41) is 8.82. The maximum Gasteiger partial charge on any atom is 0.322 e. The summed E-state index contributed by atoms with van der Waals surface area (Å²) in [4.78, 5) is 24.5. The van der Waals surface area contributed by atoms with E-state index < -0.39 is 53.0 Å². The van der Waals surface area contributed by atoms with Crippen LogP contribution in [0, 0.1) is 40.4 Å². The van der Waals surface area contributed by atoms with E-state index in [1.807, 2.05) is 0 Å². The van der Waals surface area contributed by atoms with E-state index in [9.17, 15) is 31.5 Å². The van der Waals surface area contributed by atoms with E-state index in [-0.39, 0.29) is 28.2 Å². The van der Waals surface area contributed by atoms with Gasteiger partial charge in [0.2, 0.25) is 0 Å². The minimum absolute atomic E-state index is 0.0694. The van der Waals surface area contributed by atoms with Crippen LogP contribution in [0.25, 0.3) is 33.4 Å². The lowest BCUT2D eigenvalue weighted by Crippen LogP contribution is -2.18. The van der Waals surface area contributed by atoms with E-state index in [1.54, 1.807) is 0 Å². The van der Waals surface area contributed by atoms with Crippen LogP contribution in [0.15, 0.2) is 97.1 Å². The maximum absolute atomic E-state index is 14.9. The van der Waals surface area contributed by atoms with Crippen LogP contribution in [0.5, 0.6) is 11.5 Å². The molecule has 0 N–H and O–H groups in total. The lowest BCUT2D eigenvalue weighted by molar-refractivity contribution is -0.144. The lowest BCUT2D eigenvalue weighted by Gasteiger charge is -2.10. The third-order valence-corrected chi connectivity index (χ3v) is 6.47. The Morgan fingerprint density at radius 2 is 1.02 bits per heavy atom. The van der Waals surface area contributed by atoms with Gasteiger partial charge in [0.15, 0.2) is 0 Å². The number of ether oxygens (including phenoxy) is 2. The molecule has 5 aromatic carbocycles. The van der Waals surface area contributed by atoms with Gasteiger partial charge < -0.3 is 9.47 Å². The molecule has 0 radical (unpaired) electrons. The number of hydrogen-bond acceptors (Lipinski definition) is 5. The van der Waals surface area contributed by atoms with E-state index in [0.29, 0.717) is 16.7 Å². The van der Waals surface area contributed by atoms with Crippen LogP contribution in [-0.4, -0.2) is 11.9 Å². The molecular formula is C34H18F5NO4. The normalized spacial score (nSPS) is 10.6. The van der Waals surface area contributed by atoms with Gasteiger partial charge in [-0.15, -0.1) is 0 Å². The van der Waals surface area contributed by atoms with Crippen molar-refractivity contribution in [1.29, 1.82) is 5.26 Å². The predicted molar refractivity (Wildman–Crippen MR) is 150 cm³/mol. The van der Waals surface area contributed by atoms with E-state index >= 15 is 0 Å². The van der Waals surface area contributed by atoms with Gasteiger partial charge >= 0.3 is 11.9 Å². The van der Waals surface area contributed by atoms with Crippen molar-refractivity contribution < 1.29 is 41.0 Å². The van der Waals surface area contributed by atoms with Gasteiger partial charge in [-0.1, -0.05) is 36.4 Å². The van der Waals surface area contributed by atoms with E-state index in [0.717, 1.165) is 24.3 Å². The minimum Gasteiger partial charge on any atom is -0.426 e. The molecule has 0 spiro atoms. The highest BCUT2D eigenvalue weighted by Crippen LogP contribution is 2.31. The van der Waals surface area contributed by atoms with Gasteiger partial charge in [0.25, 0.3) is 0 Å². The molecule has 0 heterocycles. The van der Waals surface area contributed by atoms with Crippen molar-refractivity contribution in [3.05, 3.63) is 132 Å². The van der Waals surface area contributed by atoms with Crippen molar-refractivity contribution in [3.63, 3.8) is 0 Å². The van der Waals surface area contributed by atoms with Crippen LogP contribution in [0.3, 0.4) is 0 Å². The SMILES string of the molecule is N#Cc1c(F)cc(-c2ccc(-c3ccc(OC(=O)CC(=O)Oc4ccc(-c5ccc(F)cc5)c(F)c4)cc3)cc2F)cc1F. The number of benzene rings is 5. The zero-order valence-electron chi connectivity index (χ0n) is 22.4. The van der Waals surface area contributed by atoms with Gasteiger partial charge in [0.1, 0.15) is 58.6 Å². The van der Waals surface area contributed by atoms with E-state index in [4.69, 9.17) is 14.7 Å². The molecule has 0 saturated carbocycles. The molecule has 5 aromatic rings. The van der Waals surface area contributed by atoms with Crippen molar-refractivity contribution in [2.24, 2.45) is 0 Å². The lowest BCUT2D eigenvalue weighted by atomic mass is 9.98. The van der Waals surface area contributed by atoms with Crippen molar-refractivity contribution in [3.8, 4) is 50.9 Å². The fourth-order valence-electron chi connectivity index (χ4n) is 4.36. The maximum atomic E-state index is 14.9. The number of esters is 2. The summed E-state index contributed by atoms with van der Waals surface area (Å²) >= 11 is 0. The first kappa shape index (κ1) is 29.7. The molecule has 0 fully saturated rings. The summed E-state index contributed by atoms with van der Waals surface area (Å²) in [5.74, 6) is -6.12. The summed E-state index contributed by atoms with van der Waals surface area (Å²) in [7, 11) is 0. The first-order valence-corrected chi connectivity index (χ1v) is 12.9. The first-order valence-electron chi connectivity index (χ1n) is 12.9. The Morgan fingerprint density at radius 3 is 1.61 bits per heavy atom. The Hall–Kier alpha value is -5.82. The topological polar surface area (TPSA) is 76.4 Å². The third-order valence-electron chi connectivity index (χ3n) is 6.47. The minimum atomic E-state index is -1.10. The Kier molecular flexibility index (Phi) is 8.49. The summed E-state index contributed by atoms with van der Waals surface area (Å²) in [5.41, 5.74) is 0.639. The zero-order valence-corrected chi connectivity index (χ0v) is 22.4. The van der Waals surface area contributed by atoms with E-state index in [1.165, 1.54) is 78.9 Å². The van der Waals surface area contributed by atoms with Gasteiger partial charge in [-0.3, -0.25) is 9.59 Å².